The molecule has 2 nitrogen and oxygen atoms in total. The minimum absolute atomic E-state index is 0.465. The molecule has 0 aliphatic rings. The molecule has 3 heteroatoms. The Bertz CT molecular complexity index is 705. The standard InChI is InChI=1S/C15H11FN2/c16-15-6-4-13(9-18-15)11-1-2-12-8-14(17)5-3-10(12)7-11/h1-9H,17H2. The molecule has 0 unspecified atom stereocenters. The van der Waals surface area contributed by atoms with Gasteiger partial charge in [-0.1, -0.05) is 18.2 Å². The Kier molecular flexibility index (Phi) is 2.45. The molecule has 0 saturated carbocycles. The zero-order chi connectivity index (χ0) is 12.5. The van der Waals surface area contributed by atoms with Crippen LogP contribution >= 0.6 is 0 Å². The van der Waals surface area contributed by atoms with Crippen LogP contribution in [0.25, 0.3) is 21.9 Å². The Morgan fingerprint density at radius 2 is 1.56 bits per heavy atom. The molecule has 0 radical (unpaired) electrons. The third-order valence-electron chi connectivity index (χ3n) is 2.93. The van der Waals surface area contributed by atoms with Crippen LogP contribution in [0.3, 0.4) is 0 Å². The first-order valence-electron chi connectivity index (χ1n) is 5.63. The summed E-state index contributed by atoms with van der Waals surface area (Å²) in [7, 11) is 0. The summed E-state index contributed by atoms with van der Waals surface area (Å²) in [6, 6.07) is 14.9. The first kappa shape index (κ1) is 10.7. The van der Waals surface area contributed by atoms with Crippen LogP contribution in [0.1, 0.15) is 0 Å². The van der Waals surface area contributed by atoms with E-state index in [9.17, 15) is 4.39 Å². The molecule has 2 aromatic carbocycles. The summed E-state index contributed by atoms with van der Waals surface area (Å²) in [5, 5.41) is 2.19. The van der Waals surface area contributed by atoms with E-state index >= 15 is 0 Å². The second kappa shape index (κ2) is 4.11. The van der Waals surface area contributed by atoms with Gasteiger partial charge in [0, 0.05) is 17.4 Å². The van der Waals surface area contributed by atoms with Gasteiger partial charge in [0.25, 0.3) is 0 Å². The summed E-state index contributed by atoms with van der Waals surface area (Å²) in [4.78, 5) is 3.66. The van der Waals surface area contributed by atoms with Crippen LogP contribution in [0, 0.1) is 5.95 Å². The lowest BCUT2D eigenvalue weighted by molar-refractivity contribution is 0.584. The molecule has 3 rings (SSSR count). The number of fused-ring (bicyclic) bond motifs is 1. The topological polar surface area (TPSA) is 38.9 Å². The largest absolute Gasteiger partial charge is 0.399 e. The molecule has 0 atom stereocenters. The number of hydrogen-bond donors (Lipinski definition) is 1. The van der Waals surface area contributed by atoms with Gasteiger partial charge in [-0.2, -0.15) is 4.39 Å². The van der Waals surface area contributed by atoms with Crippen molar-refractivity contribution in [1.29, 1.82) is 0 Å². The molecular formula is C15H11FN2. The van der Waals surface area contributed by atoms with Crippen molar-refractivity contribution in [3.63, 3.8) is 0 Å². The average Bonchev–Trinajstić information content (AvgIpc) is 2.39. The van der Waals surface area contributed by atoms with E-state index in [2.05, 4.69) is 4.98 Å². The van der Waals surface area contributed by atoms with Gasteiger partial charge in [-0.3, -0.25) is 0 Å². The van der Waals surface area contributed by atoms with E-state index in [4.69, 9.17) is 5.73 Å². The summed E-state index contributed by atoms with van der Waals surface area (Å²) < 4.78 is 12.8. The van der Waals surface area contributed by atoms with Crippen molar-refractivity contribution in [3.05, 3.63) is 60.7 Å². The van der Waals surface area contributed by atoms with Crippen molar-refractivity contribution in [1.82, 2.24) is 4.98 Å². The van der Waals surface area contributed by atoms with Gasteiger partial charge in [0.2, 0.25) is 5.95 Å². The van der Waals surface area contributed by atoms with Crippen LogP contribution in [0.15, 0.2) is 54.7 Å². The Morgan fingerprint density at radius 3 is 2.33 bits per heavy atom. The minimum Gasteiger partial charge on any atom is -0.399 e. The molecule has 0 amide bonds. The van der Waals surface area contributed by atoms with E-state index in [-0.39, 0.29) is 0 Å². The number of halogens is 1. The van der Waals surface area contributed by atoms with E-state index in [1.807, 2.05) is 36.4 Å². The number of nitrogen functional groups attached to an aromatic ring is 1. The molecule has 0 aliphatic carbocycles. The zero-order valence-electron chi connectivity index (χ0n) is 9.60. The normalized spacial score (nSPS) is 10.7. The van der Waals surface area contributed by atoms with Crippen molar-refractivity contribution in [2.24, 2.45) is 0 Å². The van der Waals surface area contributed by atoms with Crippen LogP contribution in [0.5, 0.6) is 0 Å². The van der Waals surface area contributed by atoms with Crippen molar-refractivity contribution in [3.8, 4) is 11.1 Å². The summed E-state index contributed by atoms with van der Waals surface area (Å²) in [6.07, 6.45) is 1.54. The molecule has 0 aliphatic heterocycles. The van der Waals surface area contributed by atoms with Crippen molar-refractivity contribution >= 4 is 16.5 Å². The molecule has 0 fully saturated rings. The molecule has 0 bridgehead atoms. The second-order valence-corrected chi connectivity index (χ2v) is 4.19. The predicted octanol–water partition coefficient (Wildman–Crippen LogP) is 3.62. The van der Waals surface area contributed by atoms with Gasteiger partial charge in [0.15, 0.2) is 0 Å². The van der Waals surface area contributed by atoms with E-state index in [0.29, 0.717) is 0 Å². The Hall–Kier alpha value is -2.42. The molecule has 18 heavy (non-hydrogen) atoms. The van der Waals surface area contributed by atoms with E-state index in [1.165, 1.54) is 12.3 Å². The summed E-state index contributed by atoms with van der Waals surface area (Å²) in [5.41, 5.74) is 8.40. The number of nitrogens with zero attached hydrogens (tertiary/aromatic N) is 1. The summed E-state index contributed by atoms with van der Waals surface area (Å²) in [6.45, 7) is 0. The van der Waals surface area contributed by atoms with Gasteiger partial charge >= 0.3 is 0 Å². The Morgan fingerprint density at radius 1 is 0.833 bits per heavy atom. The highest BCUT2D eigenvalue weighted by Crippen LogP contribution is 2.25. The number of nitrogens with two attached hydrogens (primary N) is 1. The molecular weight excluding hydrogens is 227 g/mol. The predicted molar refractivity (Wildman–Crippen MR) is 71.5 cm³/mol. The van der Waals surface area contributed by atoms with E-state index < -0.39 is 5.95 Å². The maximum absolute atomic E-state index is 12.8. The van der Waals surface area contributed by atoms with Crippen LogP contribution in [-0.4, -0.2) is 4.98 Å². The third-order valence-corrected chi connectivity index (χ3v) is 2.93. The van der Waals surface area contributed by atoms with E-state index in [1.54, 1.807) is 6.07 Å². The maximum Gasteiger partial charge on any atom is 0.212 e. The molecule has 0 saturated heterocycles. The van der Waals surface area contributed by atoms with Crippen LogP contribution in [-0.2, 0) is 0 Å². The summed E-state index contributed by atoms with van der Waals surface area (Å²) >= 11 is 0. The molecule has 2 N–H and O–H groups in total. The lowest BCUT2D eigenvalue weighted by Gasteiger charge is -2.04. The van der Waals surface area contributed by atoms with Gasteiger partial charge in [-0.25, -0.2) is 4.98 Å². The number of rotatable bonds is 1. The quantitative estimate of drug-likeness (QED) is 0.519. The van der Waals surface area contributed by atoms with Crippen LogP contribution in [0.4, 0.5) is 10.1 Å². The number of hydrogen-bond acceptors (Lipinski definition) is 2. The monoisotopic (exact) mass is 238 g/mol. The zero-order valence-corrected chi connectivity index (χ0v) is 9.60. The smallest absolute Gasteiger partial charge is 0.212 e. The van der Waals surface area contributed by atoms with Gasteiger partial charge in [-0.05, 0) is 46.7 Å². The number of anilines is 1. The van der Waals surface area contributed by atoms with Gasteiger partial charge < -0.3 is 5.73 Å². The first-order valence-corrected chi connectivity index (χ1v) is 5.63. The SMILES string of the molecule is Nc1ccc2cc(-c3ccc(F)nc3)ccc2c1. The van der Waals surface area contributed by atoms with Crippen LogP contribution in [0.2, 0.25) is 0 Å². The fraction of sp³-hybridized carbons (Fsp3) is 0. The molecule has 0 spiro atoms. The minimum atomic E-state index is -0.465. The Labute approximate surface area is 104 Å². The van der Waals surface area contributed by atoms with Crippen molar-refractivity contribution < 1.29 is 4.39 Å². The van der Waals surface area contributed by atoms with Gasteiger partial charge in [0.05, 0.1) is 0 Å². The summed E-state index contributed by atoms with van der Waals surface area (Å²) in [5.74, 6) is -0.465. The number of aromatic nitrogens is 1. The molecule has 1 heterocycles. The number of benzene rings is 2. The number of pyridine rings is 1. The first-order chi connectivity index (χ1) is 8.72. The molecule has 88 valence electrons. The van der Waals surface area contributed by atoms with Crippen molar-refractivity contribution in [2.75, 3.05) is 5.73 Å². The second-order valence-electron chi connectivity index (χ2n) is 4.19. The van der Waals surface area contributed by atoms with Crippen molar-refractivity contribution in [2.45, 2.75) is 0 Å². The van der Waals surface area contributed by atoms with Crippen LogP contribution < -0.4 is 5.73 Å². The highest BCUT2D eigenvalue weighted by Gasteiger charge is 2.01. The highest BCUT2D eigenvalue weighted by molar-refractivity contribution is 5.89. The average molecular weight is 238 g/mol. The molecule has 1 aromatic heterocycles. The highest BCUT2D eigenvalue weighted by atomic mass is 19.1. The maximum atomic E-state index is 12.8. The lowest BCUT2D eigenvalue weighted by Crippen LogP contribution is -1.86. The third kappa shape index (κ3) is 1.91. The van der Waals surface area contributed by atoms with E-state index in [0.717, 1.165) is 27.6 Å². The van der Waals surface area contributed by atoms with Gasteiger partial charge in [-0.15, -0.1) is 0 Å². The lowest BCUT2D eigenvalue weighted by atomic mass is 10.0. The fourth-order valence-corrected chi connectivity index (χ4v) is 1.99. The Balaban J connectivity index is 2.13. The fourth-order valence-electron chi connectivity index (χ4n) is 1.99. The molecule has 3 aromatic rings. The van der Waals surface area contributed by atoms with Gasteiger partial charge in [0.1, 0.15) is 0 Å².